The summed E-state index contributed by atoms with van der Waals surface area (Å²) < 4.78 is 12.2. The van der Waals surface area contributed by atoms with Gasteiger partial charge in [0, 0.05) is 37.4 Å². The summed E-state index contributed by atoms with van der Waals surface area (Å²) >= 11 is 1.45. The van der Waals surface area contributed by atoms with Crippen molar-refractivity contribution < 1.29 is 19.1 Å². The third-order valence-electron chi connectivity index (χ3n) is 8.12. The van der Waals surface area contributed by atoms with E-state index in [0.29, 0.717) is 17.7 Å². The molecular weight excluding hydrogens is 398 g/mol. The first-order chi connectivity index (χ1) is 14.5. The second-order valence-corrected chi connectivity index (χ2v) is 11.3. The normalized spacial score (nSPS) is 36.1. The Morgan fingerprint density at radius 3 is 2.80 bits per heavy atom. The highest BCUT2D eigenvalue weighted by Crippen LogP contribution is 2.65. The van der Waals surface area contributed by atoms with Gasteiger partial charge in [-0.15, -0.1) is 0 Å². The Labute approximate surface area is 181 Å². The number of piperidine rings is 1. The van der Waals surface area contributed by atoms with E-state index in [0.717, 1.165) is 43.9 Å². The molecule has 1 spiro atoms. The smallest absolute Gasteiger partial charge is 0.308 e. The first kappa shape index (κ1) is 19.2. The predicted molar refractivity (Wildman–Crippen MR) is 115 cm³/mol. The Morgan fingerprint density at radius 1 is 1.23 bits per heavy atom. The fourth-order valence-electron chi connectivity index (χ4n) is 6.99. The molecule has 0 unspecified atom stereocenters. The molecule has 0 aromatic heterocycles. The summed E-state index contributed by atoms with van der Waals surface area (Å²) in [5.41, 5.74) is 2.61. The monoisotopic (exact) mass is 427 g/mol. The zero-order chi connectivity index (χ0) is 20.6. The van der Waals surface area contributed by atoms with Crippen LogP contribution in [0.5, 0.6) is 11.5 Å². The van der Waals surface area contributed by atoms with E-state index in [1.807, 2.05) is 6.07 Å². The van der Waals surface area contributed by atoms with Gasteiger partial charge in [-0.25, -0.2) is 0 Å². The first-order valence-corrected chi connectivity index (χ1v) is 12.3. The lowest BCUT2D eigenvalue weighted by atomic mass is 9.52. The highest BCUT2D eigenvalue weighted by Gasteiger charge is 2.66. The van der Waals surface area contributed by atoms with Gasteiger partial charge < -0.3 is 9.47 Å². The van der Waals surface area contributed by atoms with Crippen LogP contribution in [0.1, 0.15) is 57.1 Å². The van der Waals surface area contributed by atoms with Crippen LogP contribution in [-0.4, -0.2) is 46.5 Å². The van der Waals surface area contributed by atoms with Crippen molar-refractivity contribution >= 4 is 22.8 Å². The minimum atomic E-state index is -0.318. The number of thioether (sulfide) groups is 1. The summed E-state index contributed by atoms with van der Waals surface area (Å²) in [4.78, 5) is 26.5. The zero-order valence-corrected chi connectivity index (χ0v) is 18.5. The van der Waals surface area contributed by atoms with Crippen molar-refractivity contribution in [1.82, 2.24) is 4.90 Å². The SMILES string of the molecule is CC(=O)Oc1ccc2c3c1O[C@H]1[C@H](SC(C)=O)CC[C@H]4[C@@H](C2)N(CC2CC2)CC[C@@]341. The molecule has 2 bridgehead atoms. The van der Waals surface area contributed by atoms with E-state index in [9.17, 15) is 9.59 Å². The van der Waals surface area contributed by atoms with E-state index in [1.165, 1.54) is 49.2 Å². The Kier molecular flexibility index (Phi) is 4.30. The summed E-state index contributed by atoms with van der Waals surface area (Å²) in [6, 6.07) is 4.64. The van der Waals surface area contributed by atoms with Crippen LogP contribution in [0.15, 0.2) is 12.1 Å². The summed E-state index contributed by atoms with van der Waals surface area (Å²) in [7, 11) is 0. The molecule has 3 fully saturated rings. The Bertz CT molecular complexity index is 928. The Balaban J connectivity index is 1.47. The molecule has 1 saturated heterocycles. The summed E-state index contributed by atoms with van der Waals surface area (Å²) in [6.07, 6.45) is 7.05. The molecule has 0 amide bonds. The molecule has 3 aliphatic carbocycles. The number of ether oxygens (including phenoxy) is 2. The van der Waals surface area contributed by atoms with E-state index in [2.05, 4.69) is 11.0 Å². The van der Waals surface area contributed by atoms with Gasteiger partial charge in [-0.2, -0.15) is 0 Å². The van der Waals surface area contributed by atoms with Gasteiger partial charge in [0.1, 0.15) is 6.10 Å². The molecule has 0 N–H and O–H groups in total. The van der Waals surface area contributed by atoms with Crippen LogP contribution in [0.25, 0.3) is 0 Å². The fraction of sp³-hybridized carbons (Fsp3) is 0.667. The van der Waals surface area contributed by atoms with Crippen molar-refractivity contribution in [3.8, 4) is 11.5 Å². The van der Waals surface area contributed by atoms with E-state index in [1.54, 1.807) is 6.92 Å². The fourth-order valence-corrected chi connectivity index (χ4v) is 8.10. The highest BCUT2D eigenvalue weighted by atomic mass is 32.2. The van der Waals surface area contributed by atoms with E-state index < -0.39 is 0 Å². The lowest BCUT2D eigenvalue weighted by Crippen LogP contribution is -2.66. The van der Waals surface area contributed by atoms with Crippen LogP contribution < -0.4 is 9.47 Å². The maximum absolute atomic E-state index is 12.0. The molecule has 5 atom stereocenters. The first-order valence-electron chi connectivity index (χ1n) is 11.4. The average molecular weight is 428 g/mol. The van der Waals surface area contributed by atoms with Gasteiger partial charge in [0.05, 0.1) is 5.25 Å². The number of rotatable bonds is 4. The number of hydrogen-bond donors (Lipinski definition) is 0. The van der Waals surface area contributed by atoms with Crippen molar-refractivity contribution in [1.29, 1.82) is 0 Å². The van der Waals surface area contributed by atoms with Crippen molar-refractivity contribution in [3.63, 3.8) is 0 Å². The third kappa shape index (κ3) is 2.72. The second-order valence-electron chi connectivity index (χ2n) is 9.89. The number of hydrogen-bond acceptors (Lipinski definition) is 6. The van der Waals surface area contributed by atoms with Gasteiger partial charge in [-0.3, -0.25) is 14.5 Å². The molecule has 160 valence electrons. The topological polar surface area (TPSA) is 55.8 Å². The number of carbonyl (C=O) groups excluding carboxylic acids is 2. The van der Waals surface area contributed by atoms with Gasteiger partial charge in [0.15, 0.2) is 16.6 Å². The lowest BCUT2D eigenvalue weighted by Gasteiger charge is -2.59. The van der Waals surface area contributed by atoms with Crippen molar-refractivity contribution in [2.75, 3.05) is 13.1 Å². The van der Waals surface area contributed by atoms with Crippen molar-refractivity contribution in [2.24, 2.45) is 11.8 Å². The number of benzene rings is 1. The van der Waals surface area contributed by atoms with E-state index >= 15 is 0 Å². The second kappa shape index (κ2) is 6.73. The maximum Gasteiger partial charge on any atom is 0.308 e. The van der Waals surface area contributed by atoms with Gasteiger partial charge >= 0.3 is 5.97 Å². The molecule has 30 heavy (non-hydrogen) atoms. The molecule has 1 aromatic rings. The van der Waals surface area contributed by atoms with Crippen LogP contribution in [0.3, 0.4) is 0 Å². The molecule has 2 aliphatic heterocycles. The Hall–Kier alpha value is -1.53. The van der Waals surface area contributed by atoms with Crippen LogP contribution in [0, 0.1) is 11.8 Å². The lowest BCUT2D eigenvalue weighted by molar-refractivity contribution is -0.132. The molecule has 1 aromatic carbocycles. The minimum Gasteiger partial charge on any atom is -0.484 e. The third-order valence-corrected chi connectivity index (χ3v) is 9.24. The summed E-state index contributed by atoms with van der Waals surface area (Å²) in [5, 5.41) is 0.325. The molecule has 5 aliphatic rings. The van der Waals surface area contributed by atoms with Gasteiger partial charge in [0.2, 0.25) is 0 Å². The van der Waals surface area contributed by atoms with Crippen LogP contribution in [0.4, 0.5) is 0 Å². The number of carbonyl (C=O) groups is 2. The van der Waals surface area contributed by atoms with E-state index in [-0.39, 0.29) is 27.9 Å². The predicted octanol–water partition coefficient (Wildman–Crippen LogP) is 3.71. The quantitative estimate of drug-likeness (QED) is 0.539. The highest BCUT2D eigenvalue weighted by molar-refractivity contribution is 8.14. The van der Waals surface area contributed by atoms with Gasteiger partial charge in [-0.05, 0) is 68.5 Å². The number of likely N-dealkylation sites (tertiary alicyclic amines) is 1. The standard InChI is InChI=1S/C24H29NO4S/c1-13(26)28-19-7-5-16-11-18-17-6-8-20(30-14(2)27)23-24(17,21(16)22(19)29-23)9-10-25(18)12-15-3-4-15/h5,7,15,17-18,20,23H,3-4,6,8-12H2,1-2H3/t17-,18+,20+,23-,24-/m0/s1. The van der Waals surface area contributed by atoms with Crippen LogP contribution in [-0.2, 0) is 21.4 Å². The van der Waals surface area contributed by atoms with Crippen molar-refractivity contribution in [2.45, 2.75) is 75.2 Å². The summed E-state index contributed by atoms with van der Waals surface area (Å²) in [5.74, 6) is 2.46. The minimum absolute atomic E-state index is 0.0125. The summed E-state index contributed by atoms with van der Waals surface area (Å²) in [6.45, 7) is 5.44. The zero-order valence-electron chi connectivity index (χ0n) is 17.7. The molecule has 0 radical (unpaired) electrons. The molecular formula is C24H29NO4S. The van der Waals surface area contributed by atoms with Gasteiger partial charge in [0.25, 0.3) is 0 Å². The van der Waals surface area contributed by atoms with Gasteiger partial charge in [-0.1, -0.05) is 17.8 Å². The Morgan fingerprint density at radius 2 is 2.07 bits per heavy atom. The maximum atomic E-state index is 12.0. The molecule has 2 saturated carbocycles. The largest absolute Gasteiger partial charge is 0.484 e. The van der Waals surface area contributed by atoms with Crippen LogP contribution in [0.2, 0.25) is 0 Å². The molecule has 6 rings (SSSR count). The average Bonchev–Trinajstić information content (AvgIpc) is 3.43. The van der Waals surface area contributed by atoms with Crippen LogP contribution >= 0.6 is 11.8 Å². The number of esters is 1. The van der Waals surface area contributed by atoms with Crippen molar-refractivity contribution in [3.05, 3.63) is 23.3 Å². The van der Waals surface area contributed by atoms with E-state index in [4.69, 9.17) is 9.47 Å². The molecule has 5 nitrogen and oxygen atoms in total. The number of nitrogens with zero attached hydrogens (tertiary/aromatic N) is 1. The molecule has 2 heterocycles. The molecule has 6 heteroatoms.